The van der Waals surface area contributed by atoms with Gasteiger partial charge in [0.05, 0.1) is 0 Å². The lowest BCUT2D eigenvalue weighted by molar-refractivity contribution is -0.120. The largest absolute Gasteiger partial charge is 0.368 e. The van der Waals surface area contributed by atoms with Gasteiger partial charge in [-0.3, -0.25) is 15.0 Å². The van der Waals surface area contributed by atoms with Crippen LogP contribution in [0.2, 0.25) is 0 Å². The van der Waals surface area contributed by atoms with Gasteiger partial charge >= 0.3 is 0 Å². The summed E-state index contributed by atoms with van der Waals surface area (Å²) >= 11 is 0. The second-order valence-electron chi connectivity index (χ2n) is 6.59. The lowest BCUT2D eigenvalue weighted by Gasteiger charge is -2.34. The van der Waals surface area contributed by atoms with Crippen LogP contribution in [-0.2, 0) is 11.3 Å². The highest BCUT2D eigenvalue weighted by atomic mass is 19.1. The molecule has 1 fully saturated rings. The standard InChI is InChI=1S/C20H24FN3O/c21-17-8-6-15(7-9-17)14-24-12-10-18(11-13-24)23-19(20(22)25)16-4-2-1-3-5-16/h1-9,18-19,23H,10-14H2,(H2,22,25). The summed E-state index contributed by atoms with van der Waals surface area (Å²) < 4.78 is 13.0. The quantitative estimate of drug-likeness (QED) is 0.849. The first-order chi connectivity index (χ1) is 12.1. The summed E-state index contributed by atoms with van der Waals surface area (Å²) in [6.07, 6.45) is 1.91. The second-order valence-corrected chi connectivity index (χ2v) is 6.59. The Morgan fingerprint density at radius 3 is 2.36 bits per heavy atom. The monoisotopic (exact) mass is 341 g/mol. The molecule has 0 spiro atoms. The summed E-state index contributed by atoms with van der Waals surface area (Å²) in [7, 11) is 0. The molecule has 25 heavy (non-hydrogen) atoms. The number of hydrogen-bond acceptors (Lipinski definition) is 3. The molecule has 2 aromatic rings. The summed E-state index contributed by atoms with van der Waals surface area (Å²) in [4.78, 5) is 14.2. The van der Waals surface area contributed by atoms with Crippen LogP contribution >= 0.6 is 0 Å². The zero-order valence-electron chi connectivity index (χ0n) is 14.2. The van der Waals surface area contributed by atoms with Crippen molar-refractivity contribution in [3.8, 4) is 0 Å². The minimum Gasteiger partial charge on any atom is -0.368 e. The van der Waals surface area contributed by atoms with Crippen molar-refractivity contribution in [3.05, 3.63) is 71.5 Å². The lowest BCUT2D eigenvalue weighted by atomic mass is 10.00. The van der Waals surface area contributed by atoms with Crippen molar-refractivity contribution in [3.63, 3.8) is 0 Å². The van der Waals surface area contributed by atoms with E-state index in [4.69, 9.17) is 5.73 Å². The van der Waals surface area contributed by atoms with Crippen molar-refractivity contribution in [1.82, 2.24) is 10.2 Å². The molecule has 5 heteroatoms. The molecule has 3 N–H and O–H groups in total. The molecule has 1 amide bonds. The minimum absolute atomic E-state index is 0.204. The van der Waals surface area contributed by atoms with Crippen LogP contribution in [-0.4, -0.2) is 29.9 Å². The van der Waals surface area contributed by atoms with E-state index in [9.17, 15) is 9.18 Å². The van der Waals surface area contributed by atoms with Crippen molar-refractivity contribution in [2.24, 2.45) is 5.73 Å². The molecule has 3 rings (SSSR count). The summed E-state index contributed by atoms with van der Waals surface area (Å²) in [5.74, 6) is -0.551. The van der Waals surface area contributed by atoms with Gasteiger partial charge in [0.2, 0.25) is 5.91 Å². The van der Waals surface area contributed by atoms with Crippen LogP contribution in [0.4, 0.5) is 4.39 Å². The third-order valence-electron chi connectivity index (χ3n) is 4.73. The molecule has 0 aliphatic carbocycles. The predicted octanol–water partition coefficient (Wildman–Crippen LogP) is 2.61. The summed E-state index contributed by atoms with van der Waals surface area (Å²) in [6.45, 7) is 2.70. The molecule has 1 atom stereocenters. The van der Waals surface area contributed by atoms with Crippen LogP contribution < -0.4 is 11.1 Å². The van der Waals surface area contributed by atoms with Crippen LogP contribution in [0.1, 0.15) is 30.0 Å². The number of benzene rings is 2. The fourth-order valence-electron chi connectivity index (χ4n) is 3.33. The Morgan fingerprint density at radius 2 is 1.76 bits per heavy atom. The zero-order valence-corrected chi connectivity index (χ0v) is 14.2. The third-order valence-corrected chi connectivity index (χ3v) is 4.73. The molecule has 1 aliphatic rings. The Kier molecular flexibility index (Phi) is 5.79. The van der Waals surface area contributed by atoms with Gasteiger partial charge in [0.15, 0.2) is 0 Å². The second kappa shape index (κ2) is 8.23. The van der Waals surface area contributed by atoms with E-state index in [-0.39, 0.29) is 17.8 Å². The van der Waals surface area contributed by atoms with E-state index >= 15 is 0 Å². The fraction of sp³-hybridized carbons (Fsp3) is 0.350. The van der Waals surface area contributed by atoms with Gasteiger partial charge in [0, 0.05) is 12.6 Å². The highest BCUT2D eigenvalue weighted by Crippen LogP contribution is 2.19. The molecule has 0 bridgehead atoms. The van der Waals surface area contributed by atoms with E-state index in [0.717, 1.165) is 43.6 Å². The van der Waals surface area contributed by atoms with Gasteiger partial charge in [-0.2, -0.15) is 0 Å². The minimum atomic E-state index is -0.449. The molecule has 1 saturated heterocycles. The number of carbonyl (C=O) groups excluding carboxylic acids is 1. The Hall–Kier alpha value is -2.24. The van der Waals surface area contributed by atoms with Gasteiger partial charge in [-0.25, -0.2) is 4.39 Å². The van der Waals surface area contributed by atoms with Gasteiger partial charge in [0.1, 0.15) is 11.9 Å². The van der Waals surface area contributed by atoms with E-state index in [1.54, 1.807) is 0 Å². The molecule has 0 radical (unpaired) electrons. The molecular weight excluding hydrogens is 317 g/mol. The first kappa shape index (κ1) is 17.6. The number of hydrogen-bond donors (Lipinski definition) is 2. The molecule has 132 valence electrons. The maximum absolute atomic E-state index is 13.0. The average molecular weight is 341 g/mol. The van der Waals surface area contributed by atoms with E-state index in [1.165, 1.54) is 12.1 Å². The average Bonchev–Trinajstić information content (AvgIpc) is 2.63. The normalized spacial score (nSPS) is 17.3. The topological polar surface area (TPSA) is 58.4 Å². The summed E-state index contributed by atoms with van der Waals surface area (Å²) in [6, 6.07) is 16.1. The molecule has 2 aromatic carbocycles. The Morgan fingerprint density at radius 1 is 1.12 bits per heavy atom. The van der Waals surface area contributed by atoms with E-state index in [0.29, 0.717) is 0 Å². The number of likely N-dealkylation sites (tertiary alicyclic amines) is 1. The number of carbonyl (C=O) groups is 1. The number of nitrogens with zero attached hydrogens (tertiary/aromatic N) is 1. The molecule has 1 unspecified atom stereocenters. The van der Waals surface area contributed by atoms with Crippen LogP contribution in [0.5, 0.6) is 0 Å². The number of primary amides is 1. The number of nitrogens with one attached hydrogen (secondary N) is 1. The molecule has 1 aliphatic heterocycles. The number of amides is 1. The van der Waals surface area contributed by atoms with Gasteiger partial charge in [-0.05, 0) is 49.2 Å². The van der Waals surface area contributed by atoms with E-state index in [2.05, 4.69) is 10.2 Å². The van der Waals surface area contributed by atoms with Crippen LogP contribution in [0, 0.1) is 5.82 Å². The number of piperidine rings is 1. The predicted molar refractivity (Wildman–Crippen MR) is 96.2 cm³/mol. The molecule has 1 heterocycles. The van der Waals surface area contributed by atoms with Crippen molar-refractivity contribution >= 4 is 5.91 Å². The maximum atomic E-state index is 13.0. The van der Waals surface area contributed by atoms with Crippen molar-refractivity contribution in [2.75, 3.05) is 13.1 Å². The van der Waals surface area contributed by atoms with Crippen LogP contribution in [0.3, 0.4) is 0 Å². The highest BCUT2D eigenvalue weighted by molar-refractivity contribution is 5.81. The lowest BCUT2D eigenvalue weighted by Crippen LogP contribution is -2.46. The van der Waals surface area contributed by atoms with E-state index in [1.807, 2.05) is 42.5 Å². The van der Waals surface area contributed by atoms with Crippen molar-refractivity contribution in [2.45, 2.75) is 31.5 Å². The van der Waals surface area contributed by atoms with Crippen LogP contribution in [0.25, 0.3) is 0 Å². The number of halogens is 1. The Labute approximate surface area is 147 Å². The molecule has 0 aromatic heterocycles. The first-order valence-electron chi connectivity index (χ1n) is 8.69. The zero-order chi connectivity index (χ0) is 17.6. The number of nitrogens with two attached hydrogens (primary N) is 1. The molecular formula is C20H24FN3O. The van der Waals surface area contributed by atoms with Gasteiger partial charge in [-0.15, -0.1) is 0 Å². The first-order valence-corrected chi connectivity index (χ1v) is 8.69. The maximum Gasteiger partial charge on any atom is 0.239 e. The van der Waals surface area contributed by atoms with Gasteiger partial charge < -0.3 is 5.73 Å². The fourth-order valence-corrected chi connectivity index (χ4v) is 3.33. The molecule has 0 saturated carbocycles. The number of rotatable bonds is 6. The smallest absolute Gasteiger partial charge is 0.239 e. The van der Waals surface area contributed by atoms with Crippen molar-refractivity contribution < 1.29 is 9.18 Å². The van der Waals surface area contributed by atoms with Gasteiger partial charge in [-0.1, -0.05) is 42.5 Å². The van der Waals surface area contributed by atoms with Crippen molar-refractivity contribution in [1.29, 1.82) is 0 Å². The highest BCUT2D eigenvalue weighted by Gasteiger charge is 2.25. The SMILES string of the molecule is NC(=O)C(NC1CCN(Cc2ccc(F)cc2)CC1)c1ccccc1. The summed E-state index contributed by atoms with van der Waals surface area (Å²) in [5.41, 5.74) is 7.61. The Bertz CT molecular complexity index is 682. The van der Waals surface area contributed by atoms with Crippen LogP contribution in [0.15, 0.2) is 54.6 Å². The Balaban J connectivity index is 1.53. The molecule has 4 nitrogen and oxygen atoms in total. The third kappa shape index (κ3) is 4.87. The van der Waals surface area contributed by atoms with Gasteiger partial charge in [0.25, 0.3) is 0 Å². The van der Waals surface area contributed by atoms with E-state index < -0.39 is 6.04 Å². The summed E-state index contributed by atoms with van der Waals surface area (Å²) in [5, 5.41) is 3.41.